The maximum Gasteiger partial charge on any atom is 0.417 e. The van der Waals surface area contributed by atoms with Gasteiger partial charge in [-0.05, 0) is 87.4 Å². The molecular formula is C38H43NO10S2. The number of ether oxygens (including phenoxy) is 5. The van der Waals surface area contributed by atoms with Crippen molar-refractivity contribution >= 4 is 52.4 Å². The number of ketones is 1. The first-order chi connectivity index (χ1) is 23.3. The Morgan fingerprint density at radius 2 is 1.31 bits per heavy atom. The number of cyclic esters (lactones) is 2. The number of imide groups is 1. The van der Waals surface area contributed by atoms with Gasteiger partial charge in [0.15, 0.2) is 5.78 Å². The van der Waals surface area contributed by atoms with E-state index in [1.165, 1.54) is 27.9 Å². The van der Waals surface area contributed by atoms with Crippen LogP contribution in [0.2, 0.25) is 0 Å². The summed E-state index contributed by atoms with van der Waals surface area (Å²) in [5.74, 6) is -0.781. The Kier molecular flexibility index (Phi) is 10.6. The van der Waals surface area contributed by atoms with Crippen LogP contribution < -0.4 is 0 Å². The minimum absolute atomic E-state index is 0. The summed E-state index contributed by atoms with van der Waals surface area (Å²) in [6.07, 6.45) is 5.90. The molecule has 0 radical (unpaired) electrons. The molecular weight excluding hydrogens is 695 g/mol. The highest BCUT2D eigenvalue weighted by Gasteiger charge is 2.54. The Morgan fingerprint density at radius 3 is 1.86 bits per heavy atom. The van der Waals surface area contributed by atoms with Crippen LogP contribution in [-0.2, 0) is 55.7 Å². The zero-order valence-corrected chi connectivity index (χ0v) is 29.2. The quantitative estimate of drug-likeness (QED) is 0.135. The second kappa shape index (κ2) is 14.3. The largest absolute Gasteiger partial charge is 0.458 e. The Morgan fingerprint density at radius 1 is 0.784 bits per heavy atom. The first-order valence-corrected chi connectivity index (χ1v) is 17.8. The van der Waals surface area contributed by atoms with Crippen LogP contribution in [0, 0.1) is 11.8 Å². The number of esters is 2. The van der Waals surface area contributed by atoms with Gasteiger partial charge in [-0.2, -0.15) is 0 Å². The number of fused-ring (bicyclic) bond motifs is 6. The highest BCUT2D eigenvalue weighted by Crippen LogP contribution is 2.52. The molecule has 6 atom stereocenters. The molecule has 2 amide bonds. The standard InChI is InChI=1S/C20H21NO6S.C16H14O4S.2CH4/c1-10-7-15(26-18(10)23)25-9-13-12-8-14-11(5-6-28-14)16(12)21(17(13)22)19(24)27-20(2,3)4;1-8-4-15(20-16(8)18)19-7-12-11-6-14-9(2-3-21-14)10(11)5-13(12)17;;/h5-7,9,12,15-16H,8H2,1-4H3;2-4,7,10-11,15H,5-6H2,1H3;2*1H4/b13-9+;12-7+;;/t12-,15?,16-;10-,11+,15-;;/m11../s1. The van der Waals surface area contributed by atoms with Gasteiger partial charge in [0.2, 0.25) is 0 Å². The van der Waals surface area contributed by atoms with Crippen molar-refractivity contribution in [3.63, 3.8) is 0 Å². The van der Waals surface area contributed by atoms with Gasteiger partial charge in [0.1, 0.15) is 5.60 Å². The van der Waals surface area contributed by atoms with Gasteiger partial charge in [0.05, 0.1) is 24.1 Å². The number of carbonyl (C=O) groups excluding carboxylic acids is 5. The molecule has 0 spiro atoms. The van der Waals surface area contributed by atoms with E-state index in [9.17, 15) is 24.0 Å². The number of carbonyl (C=O) groups is 5. The number of thiophene rings is 2. The smallest absolute Gasteiger partial charge is 0.417 e. The number of amides is 2. The molecule has 0 N–H and O–H groups in total. The lowest BCUT2D eigenvalue weighted by molar-refractivity contribution is -0.153. The minimum Gasteiger partial charge on any atom is -0.458 e. The maximum atomic E-state index is 13.1. The molecule has 3 aliphatic heterocycles. The third-order valence-electron chi connectivity index (χ3n) is 9.34. The molecule has 11 nitrogen and oxygen atoms in total. The van der Waals surface area contributed by atoms with E-state index in [2.05, 4.69) is 11.4 Å². The van der Waals surface area contributed by atoms with Crippen molar-refractivity contribution in [3.05, 3.63) is 90.7 Å². The van der Waals surface area contributed by atoms with E-state index >= 15 is 0 Å². The third kappa shape index (κ3) is 7.05. The summed E-state index contributed by atoms with van der Waals surface area (Å²) in [4.78, 5) is 64.5. The van der Waals surface area contributed by atoms with Crippen molar-refractivity contribution in [3.8, 4) is 0 Å². The molecule has 0 aromatic carbocycles. The minimum atomic E-state index is -0.864. The van der Waals surface area contributed by atoms with Gasteiger partial charge in [-0.3, -0.25) is 9.59 Å². The summed E-state index contributed by atoms with van der Waals surface area (Å²) in [6, 6.07) is 3.68. The summed E-state index contributed by atoms with van der Waals surface area (Å²) >= 11 is 3.36. The number of nitrogens with zero attached hydrogens (tertiary/aromatic N) is 1. The van der Waals surface area contributed by atoms with Gasteiger partial charge in [0.25, 0.3) is 18.5 Å². The Hall–Kier alpha value is -4.49. The van der Waals surface area contributed by atoms with Crippen molar-refractivity contribution in [1.82, 2.24) is 4.90 Å². The summed E-state index contributed by atoms with van der Waals surface area (Å²) in [5.41, 5.74) is 3.69. The molecule has 3 aliphatic carbocycles. The van der Waals surface area contributed by atoms with E-state index in [-0.39, 0.29) is 38.4 Å². The fourth-order valence-electron chi connectivity index (χ4n) is 7.06. The zero-order valence-electron chi connectivity index (χ0n) is 27.6. The van der Waals surface area contributed by atoms with Crippen molar-refractivity contribution in [2.45, 2.75) is 98.9 Å². The lowest BCUT2D eigenvalue weighted by Crippen LogP contribution is -2.39. The van der Waals surface area contributed by atoms with Crippen molar-refractivity contribution in [1.29, 1.82) is 0 Å². The highest BCUT2D eigenvalue weighted by molar-refractivity contribution is 7.10. The van der Waals surface area contributed by atoms with E-state index in [0.717, 1.165) is 22.4 Å². The van der Waals surface area contributed by atoms with Gasteiger partial charge < -0.3 is 23.7 Å². The number of likely N-dealkylation sites (tertiary alicyclic amines) is 1. The number of hydrogen-bond donors (Lipinski definition) is 0. The summed E-state index contributed by atoms with van der Waals surface area (Å²) < 4.78 is 26.6. The molecule has 51 heavy (non-hydrogen) atoms. The Balaban J connectivity index is 0.000000197. The van der Waals surface area contributed by atoms with Crippen LogP contribution in [0.5, 0.6) is 0 Å². The maximum absolute atomic E-state index is 13.1. The molecule has 1 saturated heterocycles. The van der Waals surface area contributed by atoms with E-state index in [0.29, 0.717) is 35.5 Å². The Labute approximate surface area is 305 Å². The number of hydrogen-bond acceptors (Lipinski definition) is 12. The molecule has 6 aliphatic rings. The topological polar surface area (TPSA) is 135 Å². The number of rotatable bonds is 4. The van der Waals surface area contributed by atoms with Crippen LogP contribution in [0.4, 0.5) is 4.79 Å². The molecule has 0 bridgehead atoms. The van der Waals surface area contributed by atoms with Gasteiger partial charge in [-0.25, -0.2) is 19.3 Å². The van der Waals surface area contributed by atoms with Crippen molar-refractivity contribution < 1.29 is 47.7 Å². The zero-order chi connectivity index (χ0) is 34.8. The van der Waals surface area contributed by atoms with Crippen molar-refractivity contribution in [2.24, 2.45) is 11.8 Å². The fraction of sp³-hybridized carbons (Fsp3) is 0.447. The van der Waals surface area contributed by atoms with Gasteiger partial charge in [-0.15, -0.1) is 22.7 Å². The second-order valence-corrected chi connectivity index (χ2v) is 15.7. The van der Waals surface area contributed by atoms with Gasteiger partial charge >= 0.3 is 18.0 Å². The summed E-state index contributed by atoms with van der Waals surface area (Å²) in [6.45, 7) is 8.60. The van der Waals surface area contributed by atoms with E-state index < -0.39 is 42.2 Å². The lowest BCUT2D eigenvalue weighted by atomic mass is 9.95. The molecule has 2 fully saturated rings. The average molecular weight is 738 g/mol. The lowest BCUT2D eigenvalue weighted by Gasteiger charge is -2.26. The van der Waals surface area contributed by atoms with E-state index in [4.69, 9.17) is 23.7 Å². The molecule has 13 heteroatoms. The predicted octanol–water partition coefficient (Wildman–Crippen LogP) is 7.45. The monoisotopic (exact) mass is 737 g/mol. The van der Waals surface area contributed by atoms with Crippen LogP contribution in [0.15, 0.2) is 69.9 Å². The molecule has 2 aromatic rings. The molecule has 272 valence electrons. The van der Waals surface area contributed by atoms with Crippen LogP contribution >= 0.6 is 22.7 Å². The fourth-order valence-corrected chi connectivity index (χ4v) is 9.05. The van der Waals surface area contributed by atoms with Crippen molar-refractivity contribution in [2.75, 3.05) is 0 Å². The average Bonchev–Trinajstić information content (AvgIpc) is 3.87. The molecule has 1 saturated carbocycles. The third-order valence-corrected chi connectivity index (χ3v) is 11.3. The summed E-state index contributed by atoms with van der Waals surface area (Å²) in [7, 11) is 0. The Bertz CT molecular complexity index is 1890. The summed E-state index contributed by atoms with van der Waals surface area (Å²) in [5, 5.41) is 4.05. The number of Topliss-reactive ketones (excluding diaryl/α,β-unsaturated/α-hetero) is 1. The van der Waals surface area contributed by atoms with E-state index in [1.807, 2.05) is 11.4 Å². The van der Waals surface area contributed by atoms with Crippen LogP contribution in [-0.4, -0.2) is 52.8 Å². The first kappa shape index (κ1) is 37.8. The predicted molar refractivity (Wildman–Crippen MR) is 190 cm³/mol. The highest BCUT2D eigenvalue weighted by atomic mass is 32.1. The molecule has 2 aromatic heterocycles. The second-order valence-electron chi connectivity index (χ2n) is 13.7. The van der Waals surface area contributed by atoms with Gasteiger partial charge in [-0.1, -0.05) is 14.9 Å². The SMILES string of the molecule is C.C.CC1=CC(O/C=C2/C(=O)N(C(=O)OC(C)(C)C)[C@@H]3c4ccsc4C[C@H]23)OC1=O.CC1=C[C@H](O/C=C2/C(=O)C[C@@H]3c4ccsc4C[C@H]23)OC1=O. The van der Waals surface area contributed by atoms with Gasteiger partial charge in [0, 0.05) is 56.9 Å². The first-order valence-electron chi connectivity index (χ1n) is 16.0. The normalized spacial score (nSPS) is 28.4. The molecule has 8 rings (SSSR count). The molecule has 1 unspecified atom stereocenters. The van der Waals surface area contributed by atoms with E-state index in [1.54, 1.807) is 69.4 Å². The van der Waals surface area contributed by atoms with Crippen LogP contribution in [0.1, 0.15) is 88.7 Å². The van der Waals surface area contributed by atoms with Crippen LogP contribution in [0.25, 0.3) is 0 Å². The van der Waals surface area contributed by atoms with Crippen LogP contribution in [0.3, 0.4) is 0 Å². The number of allylic oxidation sites excluding steroid dienone is 1. The molecule has 5 heterocycles.